The van der Waals surface area contributed by atoms with Gasteiger partial charge in [-0.05, 0) is 6.92 Å². The number of rotatable bonds is 2. The average molecular weight is 118 g/mol. The second kappa shape index (κ2) is 9.71. The molecule has 1 N–H and O–H groups in total. The standard InChI is InChI=1S/C4H8O2.C2H6/c1-3-6-4(2)5;1-2/h3-5H,1H2,2H3;1-2H3. The summed E-state index contributed by atoms with van der Waals surface area (Å²) in [7, 11) is 0. The van der Waals surface area contributed by atoms with Crippen molar-refractivity contribution < 1.29 is 9.84 Å². The highest BCUT2D eigenvalue weighted by molar-refractivity contribution is 4.47. The molecule has 0 fully saturated rings. The van der Waals surface area contributed by atoms with Gasteiger partial charge in [0.25, 0.3) is 0 Å². The van der Waals surface area contributed by atoms with E-state index in [2.05, 4.69) is 11.3 Å². The van der Waals surface area contributed by atoms with Crippen LogP contribution in [0.25, 0.3) is 0 Å². The maximum absolute atomic E-state index is 8.26. The van der Waals surface area contributed by atoms with Crippen molar-refractivity contribution in [3.05, 3.63) is 12.8 Å². The molecule has 0 aromatic rings. The Morgan fingerprint density at radius 1 is 1.62 bits per heavy atom. The van der Waals surface area contributed by atoms with Crippen molar-refractivity contribution in [2.45, 2.75) is 27.1 Å². The van der Waals surface area contributed by atoms with Gasteiger partial charge in [0, 0.05) is 0 Å². The summed E-state index contributed by atoms with van der Waals surface area (Å²) in [4.78, 5) is 0. The number of aliphatic hydroxyl groups is 1. The summed E-state index contributed by atoms with van der Waals surface area (Å²) in [5.41, 5.74) is 0. The van der Waals surface area contributed by atoms with Crippen LogP contribution < -0.4 is 0 Å². The molecule has 0 aliphatic carbocycles. The molecule has 0 aliphatic rings. The molecule has 0 spiro atoms. The fourth-order valence-corrected chi connectivity index (χ4v) is 0.139. The van der Waals surface area contributed by atoms with E-state index in [4.69, 9.17) is 5.11 Å². The molecule has 8 heavy (non-hydrogen) atoms. The van der Waals surface area contributed by atoms with Gasteiger partial charge in [-0.25, -0.2) is 0 Å². The summed E-state index contributed by atoms with van der Waals surface area (Å²) in [6.07, 6.45) is 0.479. The Bertz CT molecular complexity index is 41.8. The van der Waals surface area contributed by atoms with Gasteiger partial charge in [-0.3, -0.25) is 0 Å². The second-order valence-electron chi connectivity index (χ2n) is 0.902. The minimum atomic E-state index is -0.720. The van der Waals surface area contributed by atoms with Gasteiger partial charge in [0.2, 0.25) is 0 Å². The Morgan fingerprint density at radius 3 is 2.00 bits per heavy atom. The summed E-state index contributed by atoms with van der Waals surface area (Å²) < 4.78 is 4.36. The summed E-state index contributed by atoms with van der Waals surface area (Å²) in [5.74, 6) is 0. The summed E-state index contributed by atoms with van der Waals surface area (Å²) in [5, 5.41) is 8.26. The lowest BCUT2D eigenvalue weighted by Gasteiger charge is -1.98. The van der Waals surface area contributed by atoms with E-state index in [0.29, 0.717) is 0 Å². The fraction of sp³-hybridized carbons (Fsp3) is 0.667. The van der Waals surface area contributed by atoms with Gasteiger partial charge in [0.15, 0.2) is 6.29 Å². The van der Waals surface area contributed by atoms with Crippen molar-refractivity contribution in [2.24, 2.45) is 0 Å². The van der Waals surface area contributed by atoms with Crippen molar-refractivity contribution in [3.63, 3.8) is 0 Å². The molecule has 0 aromatic carbocycles. The van der Waals surface area contributed by atoms with Crippen LogP contribution in [0.4, 0.5) is 0 Å². The van der Waals surface area contributed by atoms with Gasteiger partial charge in [0.05, 0.1) is 6.26 Å². The predicted molar refractivity (Wildman–Crippen MR) is 34.3 cm³/mol. The van der Waals surface area contributed by atoms with E-state index in [9.17, 15) is 0 Å². The number of hydrogen-bond donors (Lipinski definition) is 1. The molecule has 0 aliphatic heterocycles. The van der Waals surface area contributed by atoms with Crippen LogP contribution >= 0.6 is 0 Å². The summed E-state index contributed by atoms with van der Waals surface area (Å²) >= 11 is 0. The van der Waals surface area contributed by atoms with Crippen molar-refractivity contribution in [3.8, 4) is 0 Å². The highest BCUT2D eigenvalue weighted by Gasteiger charge is 1.82. The number of hydrogen-bond acceptors (Lipinski definition) is 2. The molecule has 0 heterocycles. The molecule has 2 nitrogen and oxygen atoms in total. The van der Waals surface area contributed by atoms with Crippen LogP contribution in [0.1, 0.15) is 20.8 Å². The molecule has 0 saturated heterocycles. The topological polar surface area (TPSA) is 29.5 Å². The molecule has 50 valence electrons. The molecular formula is C6H14O2. The molecule has 0 saturated carbocycles. The first-order valence-corrected chi connectivity index (χ1v) is 2.72. The van der Waals surface area contributed by atoms with E-state index in [-0.39, 0.29) is 0 Å². The lowest BCUT2D eigenvalue weighted by molar-refractivity contribution is -0.0345. The SMILES string of the molecule is C=COC(C)O.CC. The third-order valence-corrected chi connectivity index (χ3v) is 0.293. The quantitative estimate of drug-likeness (QED) is 0.440. The lowest BCUT2D eigenvalue weighted by atomic mass is 10.8. The zero-order valence-electron chi connectivity index (χ0n) is 5.72. The largest absolute Gasteiger partial charge is 0.474 e. The first-order valence-electron chi connectivity index (χ1n) is 2.72. The van der Waals surface area contributed by atoms with Gasteiger partial charge in [0.1, 0.15) is 0 Å². The average Bonchev–Trinajstić information content (AvgIpc) is 1.72. The van der Waals surface area contributed by atoms with Crippen molar-refractivity contribution in [1.82, 2.24) is 0 Å². The molecule has 0 radical (unpaired) electrons. The maximum Gasteiger partial charge on any atom is 0.193 e. The summed E-state index contributed by atoms with van der Waals surface area (Å²) in [6.45, 7) is 8.73. The molecule has 1 unspecified atom stereocenters. The van der Waals surface area contributed by atoms with Crippen LogP contribution in [0.3, 0.4) is 0 Å². The van der Waals surface area contributed by atoms with Gasteiger partial charge in [-0.1, -0.05) is 20.4 Å². The van der Waals surface area contributed by atoms with Gasteiger partial charge >= 0.3 is 0 Å². The Balaban J connectivity index is 0. The number of ether oxygens (including phenoxy) is 1. The third-order valence-electron chi connectivity index (χ3n) is 0.293. The van der Waals surface area contributed by atoms with Crippen molar-refractivity contribution in [1.29, 1.82) is 0 Å². The smallest absolute Gasteiger partial charge is 0.193 e. The molecule has 0 aromatic heterocycles. The van der Waals surface area contributed by atoms with E-state index in [1.54, 1.807) is 0 Å². The van der Waals surface area contributed by atoms with E-state index in [1.165, 1.54) is 13.2 Å². The monoisotopic (exact) mass is 118 g/mol. The highest BCUT2D eigenvalue weighted by atomic mass is 16.6. The first-order chi connectivity index (χ1) is 3.77. The Hall–Kier alpha value is -0.500. The van der Waals surface area contributed by atoms with E-state index in [0.717, 1.165) is 0 Å². The van der Waals surface area contributed by atoms with Gasteiger partial charge in [-0.2, -0.15) is 0 Å². The van der Waals surface area contributed by atoms with E-state index in [1.807, 2.05) is 13.8 Å². The first kappa shape index (κ1) is 10.5. The minimum Gasteiger partial charge on any atom is -0.474 e. The molecule has 1 atom stereocenters. The second-order valence-corrected chi connectivity index (χ2v) is 0.902. The number of aliphatic hydroxyl groups excluding tert-OH is 1. The third kappa shape index (κ3) is 17.8. The molecule has 0 bridgehead atoms. The van der Waals surface area contributed by atoms with Crippen molar-refractivity contribution in [2.75, 3.05) is 0 Å². The van der Waals surface area contributed by atoms with Gasteiger partial charge in [-0.15, -0.1) is 0 Å². The maximum atomic E-state index is 8.26. The summed E-state index contributed by atoms with van der Waals surface area (Å²) in [6, 6.07) is 0. The Labute approximate surface area is 50.8 Å². The van der Waals surface area contributed by atoms with E-state index >= 15 is 0 Å². The van der Waals surface area contributed by atoms with E-state index < -0.39 is 6.29 Å². The van der Waals surface area contributed by atoms with Crippen LogP contribution in [0, 0.1) is 0 Å². The molecule has 0 amide bonds. The Kier molecular flexibility index (Phi) is 12.7. The molecular weight excluding hydrogens is 104 g/mol. The molecule has 2 heteroatoms. The Morgan fingerprint density at radius 2 is 2.00 bits per heavy atom. The van der Waals surface area contributed by atoms with Crippen LogP contribution in [0.15, 0.2) is 12.8 Å². The lowest BCUT2D eigenvalue weighted by Crippen LogP contribution is -1.98. The van der Waals surface area contributed by atoms with Crippen LogP contribution in [-0.2, 0) is 4.74 Å². The zero-order chi connectivity index (χ0) is 6.99. The van der Waals surface area contributed by atoms with Gasteiger partial charge < -0.3 is 9.84 Å². The minimum absolute atomic E-state index is 0.720. The fourth-order valence-electron chi connectivity index (χ4n) is 0.139. The van der Waals surface area contributed by atoms with Crippen LogP contribution in [0.2, 0.25) is 0 Å². The zero-order valence-corrected chi connectivity index (χ0v) is 5.72. The van der Waals surface area contributed by atoms with Crippen molar-refractivity contribution >= 4 is 0 Å². The highest BCUT2D eigenvalue weighted by Crippen LogP contribution is 1.79. The normalized spacial score (nSPS) is 10.5. The van der Waals surface area contributed by atoms with Crippen LogP contribution in [-0.4, -0.2) is 11.4 Å². The van der Waals surface area contributed by atoms with Crippen LogP contribution in [0.5, 0.6) is 0 Å². The predicted octanol–water partition coefficient (Wildman–Crippen LogP) is 1.51. The molecule has 0 rings (SSSR count).